The van der Waals surface area contributed by atoms with E-state index < -0.39 is 0 Å². The van der Waals surface area contributed by atoms with Gasteiger partial charge in [-0.25, -0.2) is 0 Å². The van der Waals surface area contributed by atoms with Crippen LogP contribution in [0.25, 0.3) is 0 Å². The number of rotatable bonds is 14. The smallest absolute Gasteiger partial charge is 0.0701 e. The number of nitrogens with one attached hydrogen (secondary N) is 1. The van der Waals surface area contributed by atoms with Crippen molar-refractivity contribution < 1.29 is 19.3 Å². The molecule has 104 valence electrons. The Kier molecular flexibility index (Phi) is 15.5. The molecule has 0 aliphatic rings. The molecular weight excluding hydrogens is 224 g/mol. The summed E-state index contributed by atoms with van der Waals surface area (Å²) in [5, 5.41) is 11.6. The Morgan fingerprint density at radius 2 is 1.41 bits per heavy atom. The van der Waals surface area contributed by atoms with Crippen LogP contribution in [0.3, 0.4) is 0 Å². The monoisotopic (exact) mass is 250 g/mol. The van der Waals surface area contributed by atoms with Gasteiger partial charge in [0.25, 0.3) is 0 Å². The van der Waals surface area contributed by atoms with E-state index in [2.05, 4.69) is 5.32 Å². The van der Waals surface area contributed by atoms with E-state index in [9.17, 15) is 0 Å². The average molecular weight is 250 g/mol. The van der Waals surface area contributed by atoms with Gasteiger partial charge in [0.05, 0.1) is 39.6 Å². The molecule has 0 atom stereocenters. The van der Waals surface area contributed by atoms with E-state index in [0.29, 0.717) is 46.2 Å². The molecule has 0 saturated heterocycles. The Hall–Kier alpha value is -0.240. The van der Waals surface area contributed by atoms with E-state index in [4.69, 9.17) is 25.1 Å². The van der Waals surface area contributed by atoms with Crippen LogP contribution in [-0.4, -0.2) is 71.0 Å². The maximum absolute atomic E-state index is 8.46. The largest absolute Gasteiger partial charge is 0.394 e. The van der Waals surface area contributed by atoms with Crippen molar-refractivity contribution in [2.45, 2.75) is 6.42 Å². The lowest BCUT2D eigenvalue weighted by molar-refractivity contribution is 0.0474. The SMILES string of the molecule is NCCCOCCOCCNCCOCCO. The predicted molar refractivity (Wildman–Crippen MR) is 66.1 cm³/mol. The van der Waals surface area contributed by atoms with Crippen LogP contribution >= 0.6 is 0 Å². The molecule has 6 heteroatoms. The molecule has 0 fully saturated rings. The topological polar surface area (TPSA) is 86.0 Å². The van der Waals surface area contributed by atoms with Crippen LogP contribution in [0.2, 0.25) is 0 Å². The molecule has 0 rings (SSSR count). The van der Waals surface area contributed by atoms with Crippen molar-refractivity contribution in [3.05, 3.63) is 0 Å². The zero-order chi connectivity index (χ0) is 12.6. The second kappa shape index (κ2) is 15.8. The summed E-state index contributed by atoms with van der Waals surface area (Å²) in [5.74, 6) is 0. The van der Waals surface area contributed by atoms with Gasteiger partial charge in [-0.15, -0.1) is 0 Å². The molecule has 0 amide bonds. The summed E-state index contributed by atoms with van der Waals surface area (Å²) in [6, 6.07) is 0. The second-order valence-electron chi connectivity index (χ2n) is 3.45. The lowest BCUT2D eigenvalue weighted by Gasteiger charge is -2.07. The molecule has 0 bridgehead atoms. The number of aliphatic hydroxyl groups is 1. The van der Waals surface area contributed by atoms with E-state index >= 15 is 0 Å². The summed E-state index contributed by atoms with van der Waals surface area (Å²) >= 11 is 0. The molecule has 17 heavy (non-hydrogen) atoms. The number of hydrogen-bond donors (Lipinski definition) is 3. The first kappa shape index (κ1) is 16.8. The zero-order valence-electron chi connectivity index (χ0n) is 10.5. The van der Waals surface area contributed by atoms with Crippen LogP contribution in [0.4, 0.5) is 0 Å². The van der Waals surface area contributed by atoms with E-state index in [-0.39, 0.29) is 6.61 Å². The fourth-order valence-corrected chi connectivity index (χ4v) is 1.09. The molecule has 0 aromatic carbocycles. The first-order valence-electron chi connectivity index (χ1n) is 6.16. The first-order valence-corrected chi connectivity index (χ1v) is 6.16. The van der Waals surface area contributed by atoms with E-state index in [1.165, 1.54) is 0 Å². The van der Waals surface area contributed by atoms with Crippen LogP contribution in [0.15, 0.2) is 0 Å². The van der Waals surface area contributed by atoms with E-state index in [1.54, 1.807) is 0 Å². The fraction of sp³-hybridized carbons (Fsp3) is 1.00. The number of nitrogens with two attached hydrogens (primary N) is 1. The Balaban J connectivity index is 2.85. The molecule has 0 spiro atoms. The summed E-state index contributed by atoms with van der Waals surface area (Å²) in [7, 11) is 0. The minimum atomic E-state index is 0.0767. The minimum Gasteiger partial charge on any atom is -0.394 e. The van der Waals surface area contributed by atoms with E-state index in [1.807, 2.05) is 0 Å². The number of ether oxygens (including phenoxy) is 3. The summed E-state index contributed by atoms with van der Waals surface area (Å²) in [4.78, 5) is 0. The van der Waals surface area contributed by atoms with Crippen molar-refractivity contribution in [2.75, 3.05) is 65.9 Å². The van der Waals surface area contributed by atoms with Crippen molar-refractivity contribution in [1.82, 2.24) is 5.32 Å². The van der Waals surface area contributed by atoms with Gasteiger partial charge in [-0.2, -0.15) is 0 Å². The quantitative estimate of drug-likeness (QED) is 0.342. The van der Waals surface area contributed by atoms with Crippen LogP contribution < -0.4 is 11.1 Å². The fourth-order valence-electron chi connectivity index (χ4n) is 1.09. The molecule has 0 heterocycles. The highest BCUT2D eigenvalue weighted by atomic mass is 16.5. The molecule has 4 N–H and O–H groups in total. The van der Waals surface area contributed by atoms with Crippen molar-refractivity contribution in [1.29, 1.82) is 0 Å². The van der Waals surface area contributed by atoms with Crippen molar-refractivity contribution in [3.63, 3.8) is 0 Å². The Morgan fingerprint density at radius 3 is 2.00 bits per heavy atom. The normalized spacial score (nSPS) is 10.9. The van der Waals surface area contributed by atoms with Gasteiger partial charge in [-0.05, 0) is 13.0 Å². The molecular formula is C11H26N2O4. The minimum absolute atomic E-state index is 0.0767. The van der Waals surface area contributed by atoms with Gasteiger partial charge in [0.15, 0.2) is 0 Å². The summed E-state index contributed by atoms with van der Waals surface area (Å²) in [6.45, 7) is 5.95. The van der Waals surface area contributed by atoms with Gasteiger partial charge in [0, 0.05) is 19.7 Å². The highest BCUT2D eigenvalue weighted by Crippen LogP contribution is 1.81. The Labute approximate surface area is 103 Å². The predicted octanol–water partition coefficient (Wildman–Crippen LogP) is -1.03. The second-order valence-corrected chi connectivity index (χ2v) is 3.45. The molecule has 0 aromatic heterocycles. The van der Waals surface area contributed by atoms with Crippen LogP contribution in [0.1, 0.15) is 6.42 Å². The molecule has 0 aliphatic heterocycles. The van der Waals surface area contributed by atoms with Gasteiger partial charge in [0.2, 0.25) is 0 Å². The van der Waals surface area contributed by atoms with E-state index in [0.717, 1.165) is 19.5 Å². The maximum Gasteiger partial charge on any atom is 0.0701 e. The number of aliphatic hydroxyl groups excluding tert-OH is 1. The third kappa shape index (κ3) is 15.8. The third-order valence-corrected chi connectivity index (χ3v) is 1.95. The Morgan fingerprint density at radius 1 is 0.824 bits per heavy atom. The summed E-state index contributed by atoms with van der Waals surface area (Å²) in [5.41, 5.74) is 5.32. The molecule has 0 unspecified atom stereocenters. The molecule has 0 aliphatic carbocycles. The lowest BCUT2D eigenvalue weighted by atomic mass is 10.5. The Bertz CT molecular complexity index is 125. The highest BCUT2D eigenvalue weighted by molar-refractivity contribution is 4.45. The van der Waals surface area contributed by atoms with Crippen LogP contribution in [0.5, 0.6) is 0 Å². The van der Waals surface area contributed by atoms with Crippen LogP contribution in [-0.2, 0) is 14.2 Å². The third-order valence-electron chi connectivity index (χ3n) is 1.95. The highest BCUT2D eigenvalue weighted by Gasteiger charge is 1.91. The molecule has 6 nitrogen and oxygen atoms in total. The first-order chi connectivity index (χ1) is 8.41. The number of hydrogen-bond acceptors (Lipinski definition) is 6. The average Bonchev–Trinajstić information content (AvgIpc) is 2.35. The van der Waals surface area contributed by atoms with Crippen molar-refractivity contribution >= 4 is 0 Å². The zero-order valence-corrected chi connectivity index (χ0v) is 10.5. The van der Waals surface area contributed by atoms with Gasteiger partial charge in [-0.3, -0.25) is 0 Å². The molecule has 0 radical (unpaired) electrons. The van der Waals surface area contributed by atoms with Crippen molar-refractivity contribution in [3.8, 4) is 0 Å². The summed E-state index contributed by atoms with van der Waals surface area (Å²) < 4.78 is 15.7. The maximum atomic E-state index is 8.46. The standard InChI is InChI=1S/C11H26N2O4/c12-2-1-6-15-10-11-17-8-4-13-3-7-16-9-5-14/h13-14H,1-12H2. The molecule has 0 aromatic rings. The van der Waals surface area contributed by atoms with Crippen LogP contribution in [0, 0.1) is 0 Å². The molecule has 0 saturated carbocycles. The van der Waals surface area contributed by atoms with Gasteiger partial charge in [-0.1, -0.05) is 0 Å². The lowest BCUT2D eigenvalue weighted by Crippen LogP contribution is -2.25. The van der Waals surface area contributed by atoms with Gasteiger partial charge >= 0.3 is 0 Å². The van der Waals surface area contributed by atoms with Gasteiger partial charge < -0.3 is 30.4 Å². The summed E-state index contributed by atoms with van der Waals surface area (Å²) in [6.07, 6.45) is 0.898. The van der Waals surface area contributed by atoms with Gasteiger partial charge in [0.1, 0.15) is 0 Å². The van der Waals surface area contributed by atoms with Crippen molar-refractivity contribution in [2.24, 2.45) is 5.73 Å².